The summed E-state index contributed by atoms with van der Waals surface area (Å²) in [5.41, 5.74) is 13.5. The summed E-state index contributed by atoms with van der Waals surface area (Å²) in [7, 11) is 0. The number of rotatable bonds is 1. The summed E-state index contributed by atoms with van der Waals surface area (Å²) in [6.07, 6.45) is 4.14. The lowest BCUT2D eigenvalue weighted by Crippen LogP contribution is -2.51. The molecule has 0 amide bonds. The molecule has 2 aromatic heterocycles. The Kier molecular flexibility index (Phi) is 2.26. The van der Waals surface area contributed by atoms with Crippen molar-refractivity contribution in [3.63, 3.8) is 0 Å². The highest BCUT2D eigenvalue weighted by molar-refractivity contribution is 5.95. The van der Waals surface area contributed by atoms with Crippen LogP contribution in [0.4, 0.5) is 5.69 Å². The number of nitrogens with two attached hydrogens (primary N) is 2. The molecule has 0 aromatic carbocycles. The Labute approximate surface area is 104 Å². The number of anilines is 1. The first-order valence-corrected chi connectivity index (χ1v) is 5.80. The highest BCUT2D eigenvalue weighted by Crippen LogP contribution is 2.31. The van der Waals surface area contributed by atoms with Gasteiger partial charge in [0.1, 0.15) is 11.7 Å². The monoisotopic (exact) mass is 242 g/mol. The highest BCUT2D eigenvalue weighted by atomic mass is 15.2. The molecule has 1 fully saturated rings. The van der Waals surface area contributed by atoms with Crippen LogP contribution >= 0.6 is 0 Å². The molecule has 92 valence electrons. The van der Waals surface area contributed by atoms with Gasteiger partial charge in [0, 0.05) is 25.5 Å². The van der Waals surface area contributed by atoms with E-state index in [9.17, 15) is 0 Å². The Hall–Kier alpha value is -2.10. The Morgan fingerprint density at radius 1 is 1.50 bits per heavy atom. The van der Waals surface area contributed by atoms with E-state index in [0.29, 0.717) is 12.1 Å². The SMILES string of the molecule is N#Cc1c[nH]c2nccc(N3CCC(N)(N)C3)c12. The lowest BCUT2D eigenvalue weighted by atomic mass is 10.2. The molecular formula is C12H14N6. The van der Waals surface area contributed by atoms with E-state index in [0.717, 1.165) is 29.7 Å². The largest absolute Gasteiger partial charge is 0.368 e. The van der Waals surface area contributed by atoms with Gasteiger partial charge in [0.05, 0.1) is 22.3 Å². The maximum Gasteiger partial charge on any atom is 0.140 e. The van der Waals surface area contributed by atoms with Crippen LogP contribution in [0, 0.1) is 11.3 Å². The van der Waals surface area contributed by atoms with E-state index in [2.05, 4.69) is 20.9 Å². The van der Waals surface area contributed by atoms with Gasteiger partial charge < -0.3 is 21.4 Å². The van der Waals surface area contributed by atoms with Gasteiger partial charge in [-0.15, -0.1) is 0 Å². The molecule has 1 aliphatic rings. The van der Waals surface area contributed by atoms with Crippen LogP contribution in [-0.2, 0) is 0 Å². The zero-order valence-corrected chi connectivity index (χ0v) is 9.85. The van der Waals surface area contributed by atoms with Gasteiger partial charge in [0.15, 0.2) is 0 Å². The third kappa shape index (κ3) is 1.61. The van der Waals surface area contributed by atoms with Crippen LogP contribution in [0.25, 0.3) is 11.0 Å². The minimum atomic E-state index is -0.654. The van der Waals surface area contributed by atoms with Crippen molar-refractivity contribution in [1.82, 2.24) is 9.97 Å². The van der Waals surface area contributed by atoms with Crippen molar-refractivity contribution in [2.75, 3.05) is 18.0 Å². The van der Waals surface area contributed by atoms with E-state index >= 15 is 0 Å². The second-order valence-corrected chi connectivity index (χ2v) is 4.77. The minimum absolute atomic E-state index is 0.585. The van der Waals surface area contributed by atoms with Gasteiger partial charge in [-0.05, 0) is 12.5 Å². The molecule has 6 nitrogen and oxygen atoms in total. The van der Waals surface area contributed by atoms with Gasteiger partial charge in [-0.1, -0.05) is 0 Å². The highest BCUT2D eigenvalue weighted by Gasteiger charge is 2.31. The molecule has 0 atom stereocenters. The predicted molar refractivity (Wildman–Crippen MR) is 68.7 cm³/mol. The maximum absolute atomic E-state index is 9.13. The number of aromatic amines is 1. The Balaban J connectivity index is 2.13. The average Bonchev–Trinajstić information content (AvgIpc) is 2.91. The summed E-state index contributed by atoms with van der Waals surface area (Å²) in [5.74, 6) is 0. The molecule has 0 radical (unpaired) electrons. The summed E-state index contributed by atoms with van der Waals surface area (Å²) < 4.78 is 0. The standard InChI is InChI=1S/C12H14N6/c13-5-8-6-17-11-10(8)9(1-3-16-11)18-4-2-12(14,15)7-18/h1,3,6H,2,4,7,14-15H2,(H,16,17). The molecule has 1 aliphatic heterocycles. The molecule has 0 unspecified atom stereocenters. The molecule has 18 heavy (non-hydrogen) atoms. The summed E-state index contributed by atoms with van der Waals surface area (Å²) in [6, 6.07) is 4.08. The van der Waals surface area contributed by atoms with Gasteiger partial charge in [-0.25, -0.2) is 4.98 Å². The number of pyridine rings is 1. The first-order chi connectivity index (χ1) is 8.61. The number of nitrogens with one attached hydrogen (secondary N) is 1. The first-order valence-electron chi connectivity index (χ1n) is 5.80. The van der Waals surface area contributed by atoms with Crippen molar-refractivity contribution in [2.45, 2.75) is 12.1 Å². The van der Waals surface area contributed by atoms with Gasteiger partial charge in [-0.2, -0.15) is 5.26 Å². The lowest BCUT2D eigenvalue weighted by molar-refractivity contribution is 0.495. The molecule has 3 rings (SSSR count). The smallest absolute Gasteiger partial charge is 0.140 e. The Morgan fingerprint density at radius 3 is 3.00 bits per heavy atom. The molecule has 6 heteroatoms. The number of H-pyrrole nitrogens is 1. The van der Waals surface area contributed by atoms with Gasteiger partial charge in [0.25, 0.3) is 0 Å². The fourth-order valence-electron chi connectivity index (χ4n) is 2.45. The number of nitrogens with zero attached hydrogens (tertiary/aromatic N) is 3. The zero-order valence-electron chi connectivity index (χ0n) is 9.85. The fourth-order valence-corrected chi connectivity index (χ4v) is 2.45. The van der Waals surface area contributed by atoms with E-state index in [4.69, 9.17) is 16.7 Å². The van der Waals surface area contributed by atoms with E-state index in [1.807, 2.05) is 6.07 Å². The second kappa shape index (κ2) is 3.70. The third-order valence-corrected chi connectivity index (χ3v) is 3.35. The van der Waals surface area contributed by atoms with E-state index < -0.39 is 5.66 Å². The summed E-state index contributed by atoms with van der Waals surface area (Å²) >= 11 is 0. The summed E-state index contributed by atoms with van der Waals surface area (Å²) in [5, 5.41) is 9.97. The molecule has 2 aromatic rings. The van der Waals surface area contributed by atoms with Crippen molar-refractivity contribution < 1.29 is 0 Å². The van der Waals surface area contributed by atoms with Crippen molar-refractivity contribution in [1.29, 1.82) is 5.26 Å². The number of aromatic nitrogens is 2. The van der Waals surface area contributed by atoms with Crippen LogP contribution in [0.3, 0.4) is 0 Å². The van der Waals surface area contributed by atoms with Crippen LogP contribution in [0.2, 0.25) is 0 Å². The zero-order chi connectivity index (χ0) is 12.8. The molecule has 1 saturated heterocycles. The summed E-state index contributed by atoms with van der Waals surface area (Å²) in [4.78, 5) is 9.33. The van der Waals surface area contributed by atoms with Crippen molar-refractivity contribution in [3.05, 3.63) is 24.0 Å². The topological polar surface area (TPSA) is 108 Å². The molecule has 0 bridgehead atoms. The molecule has 5 N–H and O–H groups in total. The average molecular weight is 242 g/mol. The molecular weight excluding hydrogens is 228 g/mol. The summed E-state index contributed by atoms with van der Waals surface area (Å²) in [6.45, 7) is 1.38. The number of fused-ring (bicyclic) bond motifs is 1. The number of hydrogen-bond acceptors (Lipinski definition) is 5. The minimum Gasteiger partial charge on any atom is -0.368 e. The van der Waals surface area contributed by atoms with Crippen LogP contribution in [0.1, 0.15) is 12.0 Å². The Morgan fingerprint density at radius 2 is 2.33 bits per heavy atom. The van der Waals surface area contributed by atoms with Crippen molar-refractivity contribution >= 4 is 16.7 Å². The Bertz CT molecular complexity index is 636. The maximum atomic E-state index is 9.13. The lowest BCUT2D eigenvalue weighted by Gasteiger charge is -2.22. The van der Waals surface area contributed by atoms with E-state index in [1.54, 1.807) is 12.4 Å². The van der Waals surface area contributed by atoms with Gasteiger partial charge in [0.2, 0.25) is 0 Å². The van der Waals surface area contributed by atoms with Crippen LogP contribution < -0.4 is 16.4 Å². The van der Waals surface area contributed by atoms with E-state index in [-0.39, 0.29) is 0 Å². The number of nitriles is 1. The van der Waals surface area contributed by atoms with Gasteiger partial charge in [-0.3, -0.25) is 0 Å². The van der Waals surface area contributed by atoms with E-state index in [1.165, 1.54) is 0 Å². The molecule has 0 spiro atoms. The first kappa shape index (κ1) is 11.0. The molecule has 3 heterocycles. The van der Waals surface area contributed by atoms with Crippen LogP contribution in [0.15, 0.2) is 18.5 Å². The number of hydrogen-bond donors (Lipinski definition) is 3. The van der Waals surface area contributed by atoms with Crippen LogP contribution in [0.5, 0.6) is 0 Å². The second-order valence-electron chi connectivity index (χ2n) is 4.77. The predicted octanol–water partition coefficient (Wildman–Crippen LogP) is 0.258. The van der Waals surface area contributed by atoms with Gasteiger partial charge >= 0.3 is 0 Å². The van der Waals surface area contributed by atoms with Crippen molar-refractivity contribution in [2.24, 2.45) is 11.5 Å². The third-order valence-electron chi connectivity index (χ3n) is 3.35. The molecule has 0 saturated carbocycles. The quantitative estimate of drug-likeness (QED) is 0.621. The fraction of sp³-hybridized carbons (Fsp3) is 0.333. The normalized spacial score (nSPS) is 18.2. The molecule has 0 aliphatic carbocycles. The van der Waals surface area contributed by atoms with Crippen molar-refractivity contribution in [3.8, 4) is 6.07 Å². The van der Waals surface area contributed by atoms with Crippen LogP contribution in [-0.4, -0.2) is 28.7 Å².